The molecule has 0 saturated carbocycles. The zero-order valence-corrected chi connectivity index (χ0v) is 8.80. The molecule has 0 spiro atoms. The summed E-state index contributed by atoms with van der Waals surface area (Å²) >= 11 is 0. The van der Waals surface area contributed by atoms with Gasteiger partial charge in [-0.15, -0.1) is 0 Å². The molecule has 78 valence electrons. The first-order chi connectivity index (χ1) is 6.56. The Labute approximate surface area is 83.8 Å². The van der Waals surface area contributed by atoms with E-state index in [2.05, 4.69) is 4.84 Å². The number of aryl methyl sites for hydroxylation is 1. The van der Waals surface area contributed by atoms with Gasteiger partial charge in [-0.25, -0.2) is 10.3 Å². The largest absolute Gasteiger partial charge is 0.300 e. The van der Waals surface area contributed by atoms with E-state index in [1.807, 2.05) is 26.8 Å². The third kappa shape index (κ3) is 2.30. The van der Waals surface area contributed by atoms with Crippen molar-refractivity contribution in [3.63, 3.8) is 0 Å². The Balaban J connectivity index is 3.13. The van der Waals surface area contributed by atoms with Crippen LogP contribution in [-0.2, 0) is 11.4 Å². The minimum atomic E-state index is -0.154. The van der Waals surface area contributed by atoms with E-state index in [1.165, 1.54) is 6.07 Å². The van der Waals surface area contributed by atoms with Gasteiger partial charge in [0.15, 0.2) is 0 Å². The predicted octanol–water partition coefficient (Wildman–Crippen LogP) is 2.65. The van der Waals surface area contributed by atoms with Crippen molar-refractivity contribution in [1.82, 2.24) is 0 Å². The van der Waals surface area contributed by atoms with Gasteiger partial charge in [-0.2, -0.15) is 0 Å². The Kier molecular flexibility index (Phi) is 3.61. The van der Waals surface area contributed by atoms with Crippen LogP contribution in [-0.4, -0.2) is 0 Å². The van der Waals surface area contributed by atoms with Crippen LogP contribution < -0.4 is 5.90 Å². The van der Waals surface area contributed by atoms with Gasteiger partial charge in [0.05, 0.1) is 6.61 Å². The molecule has 2 nitrogen and oxygen atoms in total. The van der Waals surface area contributed by atoms with E-state index in [9.17, 15) is 4.39 Å². The molecule has 1 aromatic carbocycles. The maximum atomic E-state index is 13.4. The highest BCUT2D eigenvalue weighted by atomic mass is 19.1. The van der Waals surface area contributed by atoms with E-state index in [0.717, 1.165) is 11.1 Å². The monoisotopic (exact) mass is 197 g/mol. The van der Waals surface area contributed by atoms with Gasteiger partial charge in [0.2, 0.25) is 0 Å². The second kappa shape index (κ2) is 4.53. The predicted molar refractivity (Wildman–Crippen MR) is 54.2 cm³/mol. The third-order valence-electron chi connectivity index (χ3n) is 2.32. The lowest BCUT2D eigenvalue weighted by Gasteiger charge is -2.11. The second-order valence-electron chi connectivity index (χ2n) is 3.77. The molecule has 0 atom stereocenters. The molecule has 1 rings (SSSR count). The Hall–Kier alpha value is -0.930. The lowest BCUT2D eigenvalue weighted by molar-refractivity contribution is 0.123. The lowest BCUT2D eigenvalue weighted by Crippen LogP contribution is -2.03. The molecule has 0 aliphatic carbocycles. The van der Waals surface area contributed by atoms with Gasteiger partial charge in [-0.05, 0) is 41.7 Å². The van der Waals surface area contributed by atoms with Gasteiger partial charge in [-0.3, -0.25) is 4.84 Å². The fourth-order valence-electron chi connectivity index (χ4n) is 1.42. The summed E-state index contributed by atoms with van der Waals surface area (Å²) in [4.78, 5) is 4.56. The van der Waals surface area contributed by atoms with E-state index < -0.39 is 0 Å². The minimum absolute atomic E-state index is 0.154. The van der Waals surface area contributed by atoms with Crippen LogP contribution in [0.1, 0.15) is 36.5 Å². The summed E-state index contributed by atoms with van der Waals surface area (Å²) < 4.78 is 13.4. The van der Waals surface area contributed by atoms with Crippen LogP contribution >= 0.6 is 0 Å². The van der Waals surface area contributed by atoms with E-state index >= 15 is 0 Å². The summed E-state index contributed by atoms with van der Waals surface area (Å²) in [6.07, 6.45) is 0. The molecule has 0 amide bonds. The molecular weight excluding hydrogens is 181 g/mol. The first-order valence-electron chi connectivity index (χ1n) is 4.66. The second-order valence-corrected chi connectivity index (χ2v) is 3.77. The number of halogens is 1. The van der Waals surface area contributed by atoms with Crippen molar-refractivity contribution < 1.29 is 9.23 Å². The normalized spacial score (nSPS) is 11.0. The van der Waals surface area contributed by atoms with E-state index in [-0.39, 0.29) is 11.7 Å². The molecule has 0 saturated heterocycles. The van der Waals surface area contributed by atoms with Gasteiger partial charge in [0, 0.05) is 0 Å². The third-order valence-corrected chi connectivity index (χ3v) is 2.32. The van der Waals surface area contributed by atoms with Crippen LogP contribution in [0.3, 0.4) is 0 Å². The van der Waals surface area contributed by atoms with Crippen molar-refractivity contribution in [2.75, 3.05) is 0 Å². The molecule has 0 aliphatic rings. The molecular formula is C11H16FNO. The number of nitrogens with two attached hydrogens (primary N) is 1. The Bertz CT molecular complexity index is 323. The number of rotatable bonds is 3. The van der Waals surface area contributed by atoms with Crippen LogP contribution in [0, 0.1) is 12.7 Å². The summed E-state index contributed by atoms with van der Waals surface area (Å²) in [5, 5.41) is 0. The first-order valence-corrected chi connectivity index (χ1v) is 4.66. The summed E-state index contributed by atoms with van der Waals surface area (Å²) in [5.41, 5.74) is 2.53. The fraction of sp³-hybridized carbons (Fsp3) is 0.455. The number of hydrogen-bond acceptors (Lipinski definition) is 2. The van der Waals surface area contributed by atoms with E-state index in [0.29, 0.717) is 12.2 Å². The van der Waals surface area contributed by atoms with E-state index in [1.54, 1.807) is 0 Å². The topological polar surface area (TPSA) is 35.2 Å². The molecule has 0 unspecified atom stereocenters. The van der Waals surface area contributed by atoms with Crippen LogP contribution in [0.5, 0.6) is 0 Å². The van der Waals surface area contributed by atoms with Crippen molar-refractivity contribution in [2.24, 2.45) is 5.90 Å². The molecule has 0 heterocycles. The van der Waals surface area contributed by atoms with Gasteiger partial charge >= 0.3 is 0 Å². The minimum Gasteiger partial charge on any atom is -0.300 e. The van der Waals surface area contributed by atoms with Crippen LogP contribution in [0.2, 0.25) is 0 Å². The summed E-state index contributed by atoms with van der Waals surface area (Å²) in [6, 6.07) is 3.35. The van der Waals surface area contributed by atoms with E-state index in [4.69, 9.17) is 5.90 Å². The Morgan fingerprint density at radius 2 is 2.07 bits per heavy atom. The molecule has 1 aromatic rings. The average molecular weight is 197 g/mol. The zero-order chi connectivity index (χ0) is 10.7. The molecule has 0 aliphatic heterocycles. The van der Waals surface area contributed by atoms with Crippen LogP contribution in [0.25, 0.3) is 0 Å². The summed E-state index contributed by atoms with van der Waals surface area (Å²) in [7, 11) is 0. The summed E-state index contributed by atoms with van der Waals surface area (Å²) in [6.45, 7) is 6.09. The van der Waals surface area contributed by atoms with Gasteiger partial charge in [0.25, 0.3) is 0 Å². The van der Waals surface area contributed by atoms with Crippen LogP contribution in [0.15, 0.2) is 12.1 Å². The highest BCUT2D eigenvalue weighted by molar-refractivity contribution is 5.33. The molecule has 0 bridgehead atoms. The Morgan fingerprint density at radius 3 is 2.57 bits per heavy atom. The first kappa shape index (κ1) is 11.1. The van der Waals surface area contributed by atoms with Crippen molar-refractivity contribution in [3.05, 3.63) is 34.6 Å². The standard InChI is InChI=1S/C11H16FNO/c1-7(2)10-5-9(6-14-13)8(3)4-11(10)12/h4-5,7H,6,13H2,1-3H3. The molecule has 2 N–H and O–H groups in total. The molecule has 0 radical (unpaired) electrons. The van der Waals surface area contributed by atoms with Crippen LogP contribution in [0.4, 0.5) is 4.39 Å². The van der Waals surface area contributed by atoms with Gasteiger partial charge in [-0.1, -0.05) is 13.8 Å². The maximum absolute atomic E-state index is 13.4. The number of benzene rings is 1. The molecule has 14 heavy (non-hydrogen) atoms. The SMILES string of the molecule is Cc1cc(F)c(C(C)C)cc1CON. The van der Waals surface area contributed by atoms with Crippen molar-refractivity contribution >= 4 is 0 Å². The highest BCUT2D eigenvalue weighted by Crippen LogP contribution is 2.22. The fourth-order valence-corrected chi connectivity index (χ4v) is 1.42. The number of hydrogen-bond donors (Lipinski definition) is 1. The molecule has 3 heteroatoms. The smallest absolute Gasteiger partial charge is 0.126 e. The highest BCUT2D eigenvalue weighted by Gasteiger charge is 2.10. The van der Waals surface area contributed by atoms with Crippen molar-refractivity contribution in [3.8, 4) is 0 Å². The molecule has 0 aromatic heterocycles. The average Bonchev–Trinajstić information content (AvgIpc) is 2.09. The molecule has 0 fully saturated rings. The van der Waals surface area contributed by atoms with Crippen molar-refractivity contribution in [1.29, 1.82) is 0 Å². The Morgan fingerprint density at radius 1 is 1.43 bits per heavy atom. The van der Waals surface area contributed by atoms with Gasteiger partial charge in [0.1, 0.15) is 5.82 Å². The lowest BCUT2D eigenvalue weighted by atomic mass is 9.97. The van der Waals surface area contributed by atoms with Crippen molar-refractivity contribution in [2.45, 2.75) is 33.3 Å². The van der Waals surface area contributed by atoms with Gasteiger partial charge < -0.3 is 0 Å². The summed E-state index contributed by atoms with van der Waals surface area (Å²) in [5.74, 6) is 5.02. The maximum Gasteiger partial charge on any atom is 0.126 e. The zero-order valence-electron chi connectivity index (χ0n) is 8.80. The quantitative estimate of drug-likeness (QED) is 0.756.